The number of nitrogens with zero attached hydrogens (tertiary/aromatic N) is 2. The molecule has 1 heterocycles. The Morgan fingerprint density at radius 1 is 0.973 bits per heavy atom. The molecule has 2 aromatic carbocycles. The first-order chi connectivity index (χ1) is 17.6. The zero-order valence-corrected chi connectivity index (χ0v) is 22.8. The summed E-state index contributed by atoms with van der Waals surface area (Å²) < 4.78 is 40.4. The molecule has 1 N–H and O–H groups in total. The van der Waals surface area contributed by atoms with Crippen molar-refractivity contribution in [3.63, 3.8) is 0 Å². The van der Waals surface area contributed by atoms with Gasteiger partial charge in [-0.25, -0.2) is 12.8 Å². The van der Waals surface area contributed by atoms with E-state index in [-0.39, 0.29) is 35.5 Å². The van der Waals surface area contributed by atoms with E-state index in [1.807, 2.05) is 0 Å². The van der Waals surface area contributed by atoms with Gasteiger partial charge < -0.3 is 10.2 Å². The highest BCUT2D eigenvalue weighted by Gasteiger charge is 2.28. The van der Waals surface area contributed by atoms with Crippen LogP contribution in [0.25, 0.3) is 0 Å². The second-order valence-corrected chi connectivity index (χ2v) is 12.0. The fraction of sp³-hybridized carbons (Fsp3) is 0.500. The van der Waals surface area contributed by atoms with Crippen LogP contribution >= 0.6 is 0 Å². The number of aryl methyl sites for hydroxylation is 1. The first-order valence-corrected chi connectivity index (χ1v) is 14.4. The third-order valence-electron chi connectivity index (χ3n) is 6.71. The van der Waals surface area contributed by atoms with Crippen molar-refractivity contribution < 1.29 is 22.4 Å². The molecule has 1 aliphatic heterocycles. The van der Waals surface area contributed by atoms with Crippen LogP contribution in [0.2, 0.25) is 0 Å². The van der Waals surface area contributed by atoms with Crippen LogP contribution in [-0.2, 0) is 32.6 Å². The van der Waals surface area contributed by atoms with Gasteiger partial charge >= 0.3 is 0 Å². The summed E-state index contributed by atoms with van der Waals surface area (Å²) in [6.07, 6.45) is 3.16. The van der Waals surface area contributed by atoms with Crippen molar-refractivity contribution in [1.29, 1.82) is 0 Å². The van der Waals surface area contributed by atoms with Crippen molar-refractivity contribution >= 4 is 21.8 Å². The fourth-order valence-electron chi connectivity index (χ4n) is 4.30. The maximum absolute atomic E-state index is 13.4. The average molecular weight is 532 g/mol. The maximum atomic E-state index is 13.4. The van der Waals surface area contributed by atoms with E-state index < -0.39 is 16.1 Å². The van der Waals surface area contributed by atoms with Gasteiger partial charge in [0.2, 0.25) is 21.8 Å². The Morgan fingerprint density at radius 3 is 2.16 bits per heavy atom. The van der Waals surface area contributed by atoms with Gasteiger partial charge in [0.25, 0.3) is 0 Å². The third kappa shape index (κ3) is 8.10. The first kappa shape index (κ1) is 28.8. The number of rotatable bonds is 12. The Kier molecular flexibility index (Phi) is 10.2. The van der Waals surface area contributed by atoms with Crippen molar-refractivity contribution in [2.75, 3.05) is 19.6 Å². The van der Waals surface area contributed by atoms with Gasteiger partial charge in [0, 0.05) is 32.6 Å². The topological polar surface area (TPSA) is 86.8 Å². The summed E-state index contributed by atoms with van der Waals surface area (Å²) in [4.78, 5) is 27.9. The number of amides is 2. The molecule has 0 radical (unpaired) electrons. The molecule has 0 aromatic heterocycles. The number of hydrogen-bond acceptors (Lipinski definition) is 4. The molecule has 7 nitrogen and oxygen atoms in total. The number of hydrogen-bond donors (Lipinski definition) is 1. The van der Waals surface area contributed by atoms with E-state index in [0.717, 1.165) is 30.4 Å². The summed E-state index contributed by atoms with van der Waals surface area (Å²) in [5.74, 6) is -0.349. The van der Waals surface area contributed by atoms with E-state index in [9.17, 15) is 22.4 Å². The van der Waals surface area contributed by atoms with E-state index in [1.165, 1.54) is 21.3 Å². The SMILES string of the molecule is CC(C)CCNC(=O)[C@H](C)N(Cc1ccc(F)cc1)C(=O)CCc1ccc(S(=O)(=O)N2CCCC2)cc1. The second-order valence-electron chi connectivity index (χ2n) is 10.1. The van der Waals surface area contributed by atoms with Crippen LogP contribution in [0.4, 0.5) is 4.39 Å². The minimum absolute atomic E-state index is 0.156. The summed E-state index contributed by atoms with van der Waals surface area (Å²) in [6.45, 7) is 7.67. The van der Waals surface area contributed by atoms with Crippen LogP contribution in [0.5, 0.6) is 0 Å². The Bertz CT molecular complexity index is 1140. The van der Waals surface area contributed by atoms with Crippen LogP contribution < -0.4 is 5.32 Å². The predicted molar refractivity (Wildman–Crippen MR) is 142 cm³/mol. The molecule has 3 rings (SSSR count). The van der Waals surface area contributed by atoms with E-state index in [0.29, 0.717) is 32.0 Å². The molecule has 0 saturated carbocycles. The molecule has 1 aliphatic rings. The van der Waals surface area contributed by atoms with E-state index in [1.54, 1.807) is 43.3 Å². The molecule has 9 heteroatoms. The van der Waals surface area contributed by atoms with Gasteiger partial charge in [0.15, 0.2) is 0 Å². The smallest absolute Gasteiger partial charge is 0.243 e. The predicted octanol–water partition coefficient (Wildman–Crippen LogP) is 4.12. The molecule has 1 saturated heterocycles. The molecular formula is C28H38FN3O4S. The summed E-state index contributed by atoms with van der Waals surface area (Å²) in [7, 11) is -3.48. The maximum Gasteiger partial charge on any atom is 0.243 e. The number of sulfonamides is 1. The highest BCUT2D eigenvalue weighted by molar-refractivity contribution is 7.89. The normalized spacial score (nSPS) is 15.1. The second kappa shape index (κ2) is 13.1. The van der Waals surface area contributed by atoms with Crippen molar-refractivity contribution in [2.24, 2.45) is 5.92 Å². The lowest BCUT2D eigenvalue weighted by molar-refractivity contribution is -0.140. The largest absolute Gasteiger partial charge is 0.354 e. The van der Waals surface area contributed by atoms with Gasteiger partial charge in [-0.05, 0) is 73.9 Å². The number of benzene rings is 2. The van der Waals surface area contributed by atoms with E-state index in [2.05, 4.69) is 19.2 Å². The van der Waals surface area contributed by atoms with E-state index >= 15 is 0 Å². The fourth-order valence-corrected chi connectivity index (χ4v) is 5.82. The quantitative estimate of drug-likeness (QED) is 0.446. The molecule has 0 bridgehead atoms. The summed E-state index contributed by atoms with van der Waals surface area (Å²) in [6, 6.07) is 11.9. The molecule has 1 fully saturated rings. The number of carbonyl (C=O) groups excluding carboxylic acids is 2. The highest BCUT2D eigenvalue weighted by atomic mass is 32.2. The molecule has 0 unspecified atom stereocenters. The van der Waals surface area contributed by atoms with Crippen LogP contribution in [0.15, 0.2) is 53.4 Å². The van der Waals surface area contributed by atoms with E-state index in [4.69, 9.17) is 0 Å². The number of nitrogens with one attached hydrogen (secondary N) is 1. The molecule has 0 spiro atoms. The standard InChI is InChI=1S/C28H38FN3O4S/c1-21(2)16-17-30-28(34)22(3)32(20-24-6-11-25(29)12-7-24)27(33)15-10-23-8-13-26(14-9-23)37(35,36)31-18-4-5-19-31/h6-9,11-14,21-22H,4-5,10,15-20H2,1-3H3,(H,30,34)/t22-/m0/s1. The monoisotopic (exact) mass is 531 g/mol. The summed E-state index contributed by atoms with van der Waals surface area (Å²) in [5.41, 5.74) is 1.57. The number of halogens is 1. The molecule has 202 valence electrons. The van der Waals surface area contributed by atoms with Gasteiger partial charge in [0.1, 0.15) is 11.9 Å². The molecule has 37 heavy (non-hydrogen) atoms. The Balaban J connectivity index is 1.67. The van der Waals surface area contributed by atoms with Crippen LogP contribution in [0, 0.1) is 11.7 Å². The minimum atomic E-state index is -3.48. The van der Waals surface area contributed by atoms with Crippen molar-refractivity contribution in [3.8, 4) is 0 Å². The summed E-state index contributed by atoms with van der Waals surface area (Å²) >= 11 is 0. The van der Waals surface area contributed by atoms with Gasteiger partial charge in [-0.15, -0.1) is 0 Å². The molecule has 1 atom stereocenters. The Hall–Kier alpha value is -2.78. The molecule has 2 aromatic rings. The highest BCUT2D eigenvalue weighted by Crippen LogP contribution is 2.22. The molecule has 2 amide bonds. The average Bonchev–Trinajstić information content (AvgIpc) is 3.43. The Labute approximate surface area is 220 Å². The minimum Gasteiger partial charge on any atom is -0.354 e. The zero-order valence-electron chi connectivity index (χ0n) is 22.0. The van der Waals surface area contributed by atoms with Crippen LogP contribution in [0.1, 0.15) is 57.6 Å². The van der Waals surface area contributed by atoms with Crippen LogP contribution in [-0.4, -0.2) is 55.1 Å². The van der Waals surface area contributed by atoms with Crippen molar-refractivity contribution in [1.82, 2.24) is 14.5 Å². The lowest BCUT2D eigenvalue weighted by Crippen LogP contribution is -2.48. The van der Waals surface area contributed by atoms with Gasteiger partial charge in [-0.3, -0.25) is 9.59 Å². The zero-order chi connectivity index (χ0) is 27.0. The first-order valence-electron chi connectivity index (χ1n) is 13.0. The lowest BCUT2D eigenvalue weighted by atomic mass is 10.1. The third-order valence-corrected chi connectivity index (χ3v) is 8.62. The van der Waals surface area contributed by atoms with Gasteiger partial charge in [-0.1, -0.05) is 38.1 Å². The summed E-state index contributed by atoms with van der Waals surface area (Å²) in [5, 5.41) is 2.91. The number of carbonyl (C=O) groups is 2. The van der Waals surface area contributed by atoms with Gasteiger partial charge in [-0.2, -0.15) is 4.31 Å². The van der Waals surface area contributed by atoms with Crippen LogP contribution in [0.3, 0.4) is 0 Å². The molecule has 0 aliphatic carbocycles. The van der Waals surface area contributed by atoms with Crippen molar-refractivity contribution in [3.05, 3.63) is 65.5 Å². The van der Waals surface area contributed by atoms with Gasteiger partial charge in [0.05, 0.1) is 4.90 Å². The lowest BCUT2D eigenvalue weighted by Gasteiger charge is -2.29. The van der Waals surface area contributed by atoms with Crippen molar-refractivity contribution in [2.45, 2.75) is 70.4 Å². The Morgan fingerprint density at radius 2 is 1.57 bits per heavy atom. The molecular weight excluding hydrogens is 493 g/mol.